The molecule has 7 heavy (non-hydrogen) atoms. The number of hydrogen-bond acceptors (Lipinski definition) is 1. The molecular weight excluding hydrogens is 88.1 g/mol. The lowest BCUT2D eigenvalue weighted by Gasteiger charge is -2.30. The maximum Gasteiger partial charge on any atom is 0.0459 e. The molecule has 1 aliphatic carbocycles. The predicted octanol–water partition coefficient (Wildman–Crippen LogP) is 1.02. The van der Waals surface area contributed by atoms with Crippen LogP contribution < -0.4 is 0 Å². The lowest BCUT2D eigenvalue weighted by molar-refractivity contribution is 0.117. The molecular formula is C6H12O. The minimum atomic E-state index is 0.407. The van der Waals surface area contributed by atoms with E-state index in [1.165, 1.54) is 12.8 Å². The van der Waals surface area contributed by atoms with Crippen LogP contribution in [0.25, 0.3) is 0 Å². The Labute approximate surface area is 44.4 Å². The normalized spacial score (nSPS) is 40.3. The van der Waals surface area contributed by atoms with Crippen molar-refractivity contribution in [1.82, 2.24) is 0 Å². The molecule has 1 aliphatic rings. The van der Waals surface area contributed by atoms with Crippen LogP contribution in [0.1, 0.15) is 19.8 Å². The van der Waals surface area contributed by atoms with Crippen LogP contribution in [-0.2, 0) is 0 Å². The first-order valence-electron chi connectivity index (χ1n) is 2.93. The smallest absolute Gasteiger partial charge is 0.0459 e. The van der Waals surface area contributed by atoms with Crippen molar-refractivity contribution < 1.29 is 5.11 Å². The molecule has 0 saturated heterocycles. The molecule has 0 aromatic heterocycles. The van der Waals surface area contributed by atoms with Crippen LogP contribution >= 0.6 is 0 Å². The van der Waals surface area contributed by atoms with E-state index in [9.17, 15) is 0 Å². The Kier molecular flexibility index (Phi) is 1.33. The molecule has 0 aliphatic heterocycles. The van der Waals surface area contributed by atoms with Crippen molar-refractivity contribution in [3.63, 3.8) is 0 Å². The van der Waals surface area contributed by atoms with Crippen LogP contribution in [0.15, 0.2) is 0 Å². The van der Waals surface area contributed by atoms with Gasteiger partial charge >= 0.3 is 0 Å². The third-order valence-corrected chi connectivity index (χ3v) is 1.73. The zero-order chi connectivity index (χ0) is 5.28. The second-order valence-electron chi connectivity index (χ2n) is 2.63. The van der Waals surface area contributed by atoms with Gasteiger partial charge < -0.3 is 5.11 Å². The second-order valence-corrected chi connectivity index (χ2v) is 2.63. The van der Waals surface area contributed by atoms with E-state index in [4.69, 9.17) is 5.11 Å². The highest BCUT2D eigenvalue weighted by Crippen LogP contribution is 2.31. The van der Waals surface area contributed by atoms with Crippen LogP contribution in [0.5, 0.6) is 0 Å². The van der Waals surface area contributed by atoms with Crippen LogP contribution in [0.3, 0.4) is 0 Å². The molecule has 0 atom stereocenters. The van der Waals surface area contributed by atoms with Crippen LogP contribution in [-0.4, -0.2) is 11.7 Å². The first-order valence-corrected chi connectivity index (χ1v) is 2.93. The standard InChI is InChI=1S/C6H12O/c1-5-2-6(3-5)4-7/h5-7H,2-4H2,1H3/t5-,6-. The molecule has 0 aromatic rings. The maximum absolute atomic E-state index is 8.50. The summed E-state index contributed by atoms with van der Waals surface area (Å²) in [6.07, 6.45) is 2.49. The van der Waals surface area contributed by atoms with E-state index in [0.29, 0.717) is 12.5 Å². The monoisotopic (exact) mass is 100 g/mol. The highest BCUT2D eigenvalue weighted by Gasteiger charge is 2.23. The van der Waals surface area contributed by atoms with E-state index < -0.39 is 0 Å². The lowest BCUT2D eigenvalue weighted by atomic mass is 9.77. The second kappa shape index (κ2) is 1.83. The van der Waals surface area contributed by atoms with Crippen molar-refractivity contribution in [2.75, 3.05) is 6.61 Å². The molecule has 42 valence electrons. The van der Waals surface area contributed by atoms with Gasteiger partial charge in [-0.1, -0.05) is 6.92 Å². The van der Waals surface area contributed by atoms with E-state index in [2.05, 4.69) is 6.92 Å². The van der Waals surface area contributed by atoms with Gasteiger partial charge in [0.05, 0.1) is 0 Å². The summed E-state index contributed by atoms with van der Waals surface area (Å²) in [5.74, 6) is 1.53. The lowest BCUT2D eigenvalue weighted by Crippen LogP contribution is -2.23. The predicted molar refractivity (Wildman–Crippen MR) is 29.0 cm³/mol. The van der Waals surface area contributed by atoms with Gasteiger partial charge in [0.25, 0.3) is 0 Å². The third-order valence-electron chi connectivity index (χ3n) is 1.73. The molecule has 1 fully saturated rings. The fraction of sp³-hybridized carbons (Fsp3) is 1.00. The summed E-state index contributed by atoms with van der Waals surface area (Å²) in [5, 5.41) is 8.50. The van der Waals surface area contributed by atoms with E-state index in [1.54, 1.807) is 0 Å². The first-order chi connectivity index (χ1) is 3.33. The van der Waals surface area contributed by atoms with Gasteiger partial charge in [-0.05, 0) is 24.7 Å². The minimum Gasteiger partial charge on any atom is -0.396 e. The SMILES string of the molecule is C[C@H]1C[C@H](CO)C1. The molecule has 1 rings (SSSR count). The molecule has 0 aromatic carbocycles. The van der Waals surface area contributed by atoms with E-state index in [1.807, 2.05) is 0 Å². The topological polar surface area (TPSA) is 20.2 Å². The highest BCUT2D eigenvalue weighted by molar-refractivity contribution is 4.74. The Bertz CT molecular complexity index is 55.2. The van der Waals surface area contributed by atoms with Gasteiger partial charge in [-0.2, -0.15) is 0 Å². The summed E-state index contributed by atoms with van der Waals surface area (Å²) < 4.78 is 0. The molecule has 0 spiro atoms. The fourth-order valence-electron chi connectivity index (χ4n) is 1.22. The van der Waals surface area contributed by atoms with Crippen LogP contribution in [0.4, 0.5) is 0 Å². The zero-order valence-electron chi connectivity index (χ0n) is 4.72. The van der Waals surface area contributed by atoms with Crippen molar-refractivity contribution in [2.45, 2.75) is 19.8 Å². The molecule has 0 amide bonds. The average molecular weight is 100 g/mol. The number of rotatable bonds is 1. The van der Waals surface area contributed by atoms with Crippen molar-refractivity contribution in [1.29, 1.82) is 0 Å². The number of aliphatic hydroxyl groups excluding tert-OH is 1. The van der Waals surface area contributed by atoms with Crippen molar-refractivity contribution in [2.24, 2.45) is 11.8 Å². The third kappa shape index (κ3) is 0.942. The van der Waals surface area contributed by atoms with Gasteiger partial charge in [-0.3, -0.25) is 0 Å². The molecule has 1 nitrogen and oxygen atoms in total. The molecule has 0 heterocycles. The fourth-order valence-corrected chi connectivity index (χ4v) is 1.22. The minimum absolute atomic E-state index is 0.407. The average Bonchev–Trinajstić information content (AvgIpc) is 1.58. The Morgan fingerprint density at radius 3 is 2.29 bits per heavy atom. The molecule has 1 N–H and O–H groups in total. The maximum atomic E-state index is 8.50. The van der Waals surface area contributed by atoms with Gasteiger partial charge in [0.2, 0.25) is 0 Å². The van der Waals surface area contributed by atoms with E-state index in [-0.39, 0.29) is 0 Å². The Morgan fingerprint density at radius 2 is 2.14 bits per heavy atom. The largest absolute Gasteiger partial charge is 0.396 e. The molecule has 1 heteroatoms. The Hall–Kier alpha value is -0.0400. The summed E-state index contributed by atoms with van der Waals surface area (Å²) in [7, 11) is 0. The summed E-state index contributed by atoms with van der Waals surface area (Å²) >= 11 is 0. The van der Waals surface area contributed by atoms with Crippen molar-refractivity contribution in [3.8, 4) is 0 Å². The molecule has 0 radical (unpaired) electrons. The van der Waals surface area contributed by atoms with Gasteiger partial charge in [0.15, 0.2) is 0 Å². The summed E-state index contributed by atoms with van der Waals surface area (Å²) in [6, 6.07) is 0. The highest BCUT2D eigenvalue weighted by atomic mass is 16.3. The van der Waals surface area contributed by atoms with Crippen molar-refractivity contribution >= 4 is 0 Å². The van der Waals surface area contributed by atoms with E-state index in [0.717, 1.165) is 5.92 Å². The first kappa shape index (κ1) is 5.10. The molecule has 0 bridgehead atoms. The summed E-state index contributed by atoms with van der Waals surface area (Å²) in [4.78, 5) is 0. The van der Waals surface area contributed by atoms with Crippen LogP contribution in [0, 0.1) is 11.8 Å². The number of aliphatic hydroxyl groups is 1. The summed E-state index contributed by atoms with van der Waals surface area (Å²) in [5.41, 5.74) is 0. The zero-order valence-corrected chi connectivity index (χ0v) is 4.72. The molecule has 0 unspecified atom stereocenters. The van der Waals surface area contributed by atoms with Gasteiger partial charge in [-0.25, -0.2) is 0 Å². The van der Waals surface area contributed by atoms with Gasteiger partial charge in [-0.15, -0.1) is 0 Å². The molecule has 1 saturated carbocycles. The van der Waals surface area contributed by atoms with Crippen molar-refractivity contribution in [3.05, 3.63) is 0 Å². The Balaban J connectivity index is 2.06. The van der Waals surface area contributed by atoms with Crippen LogP contribution in [0.2, 0.25) is 0 Å². The van der Waals surface area contributed by atoms with E-state index >= 15 is 0 Å². The van der Waals surface area contributed by atoms with Gasteiger partial charge in [0.1, 0.15) is 0 Å². The summed E-state index contributed by atoms with van der Waals surface area (Å²) in [6.45, 7) is 2.64. The van der Waals surface area contributed by atoms with Gasteiger partial charge in [0, 0.05) is 6.61 Å². The number of hydrogen-bond donors (Lipinski definition) is 1. The Morgan fingerprint density at radius 1 is 1.57 bits per heavy atom. The quantitative estimate of drug-likeness (QED) is 0.521.